The van der Waals surface area contributed by atoms with Gasteiger partial charge < -0.3 is 10.1 Å². The van der Waals surface area contributed by atoms with E-state index < -0.39 is 6.10 Å². The molecule has 4 heteroatoms. The van der Waals surface area contributed by atoms with Gasteiger partial charge in [-0.2, -0.15) is 0 Å². The molecule has 2 aromatic rings. The zero-order valence-corrected chi connectivity index (χ0v) is 15.5. The largest absolute Gasteiger partial charge is 0.481 e. The summed E-state index contributed by atoms with van der Waals surface area (Å²) in [4.78, 5) is 12.6. The van der Waals surface area contributed by atoms with E-state index in [1.807, 2.05) is 13.8 Å². The molecule has 1 aliphatic carbocycles. The summed E-state index contributed by atoms with van der Waals surface area (Å²) < 4.78 is 5.82. The van der Waals surface area contributed by atoms with E-state index in [9.17, 15) is 4.79 Å². The van der Waals surface area contributed by atoms with Gasteiger partial charge in [0.1, 0.15) is 5.75 Å². The molecule has 0 spiro atoms. The average molecular weight is 358 g/mol. The van der Waals surface area contributed by atoms with Crippen LogP contribution in [0.3, 0.4) is 0 Å². The molecular weight excluding hydrogens is 334 g/mol. The van der Waals surface area contributed by atoms with E-state index in [0.29, 0.717) is 17.2 Å². The molecule has 0 aliphatic heterocycles. The van der Waals surface area contributed by atoms with Crippen molar-refractivity contribution in [3.63, 3.8) is 0 Å². The van der Waals surface area contributed by atoms with Crippen molar-refractivity contribution in [1.29, 1.82) is 0 Å². The number of hydrogen-bond acceptors (Lipinski definition) is 2. The lowest BCUT2D eigenvalue weighted by molar-refractivity contribution is -0.128. The fourth-order valence-corrected chi connectivity index (χ4v) is 3.38. The molecule has 0 unspecified atom stereocenters. The molecule has 0 saturated carbocycles. The highest BCUT2D eigenvalue weighted by molar-refractivity contribution is 6.30. The molecule has 0 bridgehead atoms. The van der Waals surface area contributed by atoms with Crippen LogP contribution in [0.5, 0.6) is 5.75 Å². The number of carbonyl (C=O) groups excluding carboxylic acids is 1. The van der Waals surface area contributed by atoms with Crippen molar-refractivity contribution < 1.29 is 9.53 Å². The monoisotopic (exact) mass is 357 g/mol. The molecule has 0 saturated heterocycles. The van der Waals surface area contributed by atoms with Crippen LogP contribution < -0.4 is 10.1 Å². The number of benzene rings is 2. The maximum atomic E-state index is 12.6. The lowest BCUT2D eigenvalue weighted by atomic mass is 10.0. The van der Waals surface area contributed by atoms with Gasteiger partial charge in [0.25, 0.3) is 5.91 Å². The van der Waals surface area contributed by atoms with Crippen molar-refractivity contribution in [2.75, 3.05) is 0 Å². The first-order chi connectivity index (χ1) is 12.1. The quantitative estimate of drug-likeness (QED) is 0.801. The number of amides is 1. The van der Waals surface area contributed by atoms with Crippen molar-refractivity contribution in [2.45, 2.75) is 51.7 Å². The Morgan fingerprint density at radius 2 is 1.88 bits per heavy atom. The summed E-state index contributed by atoms with van der Waals surface area (Å²) >= 11 is 5.89. The third-order valence-electron chi connectivity index (χ3n) is 4.74. The van der Waals surface area contributed by atoms with Crippen molar-refractivity contribution in [1.82, 2.24) is 5.32 Å². The van der Waals surface area contributed by atoms with E-state index in [1.54, 1.807) is 24.3 Å². The number of hydrogen-bond donors (Lipinski definition) is 1. The number of rotatable bonds is 6. The Morgan fingerprint density at radius 1 is 1.16 bits per heavy atom. The Balaban J connectivity index is 1.63. The van der Waals surface area contributed by atoms with Crippen LogP contribution in [-0.2, 0) is 17.6 Å². The van der Waals surface area contributed by atoms with Gasteiger partial charge in [0, 0.05) is 5.02 Å². The van der Waals surface area contributed by atoms with Crippen LogP contribution in [0, 0.1) is 0 Å². The van der Waals surface area contributed by atoms with E-state index in [1.165, 1.54) is 24.0 Å². The van der Waals surface area contributed by atoms with Crippen LogP contribution in [0.25, 0.3) is 0 Å². The summed E-state index contributed by atoms with van der Waals surface area (Å²) in [6, 6.07) is 13.6. The van der Waals surface area contributed by atoms with Crippen LogP contribution in [-0.4, -0.2) is 12.0 Å². The molecule has 0 radical (unpaired) electrons. The van der Waals surface area contributed by atoms with Crippen LogP contribution in [0.15, 0.2) is 42.5 Å². The second-order valence-electron chi connectivity index (χ2n) is 6.58. The molecular formula is C21H24ClNO2. The summed E-state index contributed by atoms with van der Waals surface area (Å²) in [7, 11) is 0. The first-order valence-corrected chi connectivity index (χ1v) is 9.29. The minimum Gasteiger partial charge on any atom is -0.481 e. The lowest BCUT2D eigenvalue weighted by Crippen LogP contribution is -2.39. The first-order valence-electron chi connectivity index (χ1n) is 8.91. The number of aryl methyl sites for hydroxylation is 2. The second-order valence-corrected chi connectivity index (χ2v) is 7.02. The van der Waals surface area contributed by atoms with E-state index in [-0.39, 0.29) is 11.9 Å². The van der Waals surface area contributed by atoms with Gasteiger partial charge in [0.05, 0.1) is 6.04 Å². The Bertz CT molecular complexity index is 742. The lowest BCUT2D eigenvalue weighted by Gasteiger charge is -2.21. The van der Waals surface area contributed by atoms with Gasteiger partial charge in [-0.1, -0.05) is 36.7 Å². The van der Waals surface area contributed by atoms with Crippen LogP contribution >= 0.6 is 11.6 Å². The van der Waals surface area contributed by atoms with Gasteiger partial charge in [-0.3, -0.25) is 4.79 Å². The predicted octanol–water partition coefficient (Wildman–Crippen LogP) is 4.86. The molecule has 0 heterocycles. The third kappa shape index (κ3) is 4.35. The van der Waals surface area contributed by atoms with Gasteiger partial charge in [-0.15, -0.1) is 0 Å². The summed E-state index contributed by atoms with van der Waals surface area (Å²) in [6.07, 6.45) is 3.63. The van der Waals surface area contributed by atoms with Gasteiger partial charge >= 0.3 is 0 Å². The van der Waals surface area contributed by atoms with E-state index in [4.69, 9.17) is 16.3 Å². The third-order valence-corrected chi connectivity index (χ3v) is 4.99. The maximum Gasteiger partial charge on any atom is 0.261 e. The van der Waals surface area contributed by atoms with E-state index in [0.717, 1.165) is 12.0 Å². The molecule has 2 atom stereocenters. The fraction of sp³-hybridized carbons (Fsp3) is 0.381. The van der Waals surface area contributed by atoms with Crippen molar-refractivity contribution in [3.05, 3.63) is 64.2 Å². The molecule has 1 aliphatic rings. The molecule has 3 rings (SSSR count). The number of halogens is 1. The summed E-state index contributed by atoms with van der Waals surface area (Å²) in [5, 5.41) is 3.73. The summed E-state index contributed by atoms with van der Waals surface area (Å²) in [5.41, 5.74) is 4.01. The standard InChI is InChI=1S/C21H24ClNO2/c1-3-20(25-19-11-9-18(22)10-12-19)21(24)23-14(2)16-8-7-15-5-4-6-17(15)13-16/h7-14,20H,3-6H2,1-2H3,(H,23,24)/t14-,20-/m0/s1. The van der Waals surface area contributed by atoms with Gasteiger partial charge in [0.2, 0.25) is 0 Å². The molecule has 3 nitrogen and oxygen atoms in total. The summed E-state index contributed by atoms with van der Waals surface area (Å²) in [6.45, 7) is 3.96. The Hall–Kier alpha value is -2.00. The second kappa shape index (κ2) is 7.92. The Morgan fingerprint density at radius 3 is 2.60 bits per heavy atom. The fourth-order valence-electron chi connectivity index (χ4n) is 3.25. The van der Waals surface area contributed by atoms with Gasteiger partial charge in [-0.05, 0) is 73.6 Å². The number of fused-ring (bicyclic) bond motifs is 1. The molecule has 1 amide bonds. The highest BCUT2D eigenvalue weighted by Gasteiger charge is 2.21. The smallest absolute Gasteiger partial charge is 0.261 e. The van der Waals surface area contributed by atoms with Crippen molar-refractivity contribution >= 4 is 17.5 Å². The zero-order valence-electron chi connectivity index (χ0n) is 14.7. The number of nitrogens with one attached hydrogen (secondary N) is 1. The van der Waals surface area contributed by atoms with Crippen LogP contribution in [0.1, 0.15) is 49.4 Å². The highest BCUT2D eigenvalue weighted by Crippen LogP contribution is 2.25. The molecule has 132 valence electrons. The minimum absolute atomic E-state index is 0.0405. The SMILES string of the molecule is CC[C@H](Oc1ccc(Cl)cc1)C(=O)N[C@@H](C)c1ccc2c(c1)CCC2. The molecule has 0 aromatic heterocycles. The first kappa shape index (κ1) is 17.8. The van der Waals surface area contributed by atoms with Crippen molar-refractivity contribution in [2.24, 2.45) is 0 Å². The molecule has 1 N–H and O–H groups in total. The van der Waals surface area contributed by atoms with E-state index in [2.05, 4.69) is 23.5 Å². The zero-order chi connectivity index (χ0) is 17.8. The maximum absolute atomic E-state index is 12.6. The van der Waals surface area contributed by atoms with E-state index >= 15 is 0 Å². The summed E-state index contributed by atoms with van der Waals surface area (Å²) in [5.74, 6) is 0.557. The van der Waals surface area contributed by atoms with Gasteiger partial charge in [0.15, 0.2) is 6.10 Å². The normalized spacial score (nSPS) is 15.3. The molecule has 0 fully saturated rings. The van der Waals surface area contributed by atoms with Gasteiger partial charge in [-0.25, -0.2) is 0 Å². The predicted molar refractivity (Wildman–Crippen MR) is 101 cm³/mol. The molecule has 2 aromatic carbocycles. The Kier molecular flexibility index (Phi) is 5.64. The minimum atomic E-state index is -0.516. The number of ether oxygens (including phenoxy) is 1. The van der Waals surface area contributed by atoms with Crippen LogP contribution in [0.2, 0.25) is 5.02 Å². The highest BCUT2D eigenvalue weighted by atomic mass is 35.5. The Labute approximate surface area is 154 Å². The number of carbonyl (C=O) groups is 1. The topological polar surface area (TPSA) is 38.3 Å². The van der Waals surface area contributed by atoms with Crippen molar-refractivity contribution in [3.8, 4) is 5.75 Å². The average Bonchev–Trinajstić information content (AvgIpc) is 3.08. The van der Waals surface area contributed by atoms with Crippen LogP contribution in [0.4, 0.5) is 0 Å². The molecule has 25 heavy (non-hydrogen) atoms.